The Labute approximate surface area is 119 Å². The molecule has 112 valence electrons. The molecule has 0 aromatic carbocycles. The second kappa shape index (κ2) is 6.37. The first-order valence-corrected chi connectivity index (χ1v) is 7.14. The number of anilines is 1. The maximum atomic E-state index is 12.0. The summed E-state index contributed by atoms with van der Waals surface area (Å²) < 4.78 is 5.09. The molecule has 1 aliphatic heterocycles. The van der Waals surface area contributed by atoms with E-state index in [2.05, 4.69) is 17.4 Å². The van der Waals surface area contributed by atoms with Gasteiger partial charge in [-0.3, -0.25) is 15.0 Å². The molecule has 6 nitrogen and oxygen atoms in total. The van der Waals surface area contributed by atoms with Crippen LogP contribution in [0.2, 0.25) is 0 Å². The third-order valence-electron chi connectivity index (χ3n) is 3.87. The Balaban J connectivity index is 1.91. The average Bonchev–Trinajstić information content (AvgIpc) is 2.98. The van der Waals surface area contributed by atoms with E-state index in [1.807, 2.05) is 18.7 Å². The summed E-state index contributed by atoms with van der Waals surface area (Å²) in [6, 6.07) is 2.15. The molecule has 1 aliphatic rings. The number of aliphatic hydroxyl groups excluding tert-OH is 1. The van der Waals surface area contributed by atoms with Gasteiger partial charge in [0, 0.05) is 18.2 Å². The normalized spacial score (nSPS) is 23.4. The smallest absolute Gasteiger partial charge is 0.240 e. The van der Waals surface area contributed by atoms with Crippen LogP contribution in [0.25, 0.3) is 0 Å². The van der Waals surface area contributed by atoms with Gasteiger partial charge < -0.3 is 9.63 Å². The molecule has 1 saturated heterocycles. The van der Waals surface area contributed by atoms with Gasteiger partial charge >= 0.3 is 0 Å². The van der Waals surface area contributed by atoms with Crippen LogP contribution in [0, 0.1) is 0 Å². The van der Waals surface area contributed by atoms with E-state index in [4.69, 9.17) is 4.52 Å². The minimum atomic E-state index is -0.136. The number of likely N-dealkylation sites (tertiary alicyclic amines) is 1. The summed E-state index contributed by atoms with van der Waals surface area (Å²) >= 11 is 0. The van der Waals surface area contributed by atoms with Crippen LogP contribution in [0.4, 0.5) is 5.88 Å². The fourth-order valence-electron chi connectivity index (χ4n) is 2.57. The standard InChI is InChI=1S/C14H23N3O3/c1-9(2)12-6-14(20-16-12)15-13(19)7-17-10(3)4-5-11(17)8-18/h6,9-11,18H,4-5,7-8H2,1-3H3,(H,15,19)/t10-,11-/m0/s1. The first-order valence-electron chi connectivity index (χ1n) is 7.14. The van der Waals surface area contributed by atoms with Crippen molar-refractivity contribution in [2.45, 2.75) is 51.6 Å². The molecule has 20 heavy (non-hydrogen) atoms. The Bertz CT molecular complexity index is 458. The van der Waals surface area contributed by atoms with E-state index in [-0.39, 0.29) is 31.0 Å². The minimum absolute atomic E-state index is 0.0803. The quantitative estimate of drug-likeness (QED) is 0.856. The van der Waals surface area contributed by atoms with E-state index in [1.54, 1.807) is 6.07 Å². The van der Waals surface area contributed by atoms with Crippen LogP contribution in [0.3, 0.4) is 0 Å². The Morgan fingerprint density at radius 3 is 2.95 bits per heavy atom. The van der Waals surface area contributed by atoms with Crippen molar-refractivity contribution in [1.29, 1.82) is 0 Å². The number of hydrogen-bond donors (Lipinski definition) is 2. The van der Waals surface area contributed by atoms with Gasteiger partial charge in [-0.2, -0.15) is 0 Å². The molecule has 0 bridgehead atoms. The summed E-state index contributed by atoms with van der Waals surface area (Å²) in [6.45, 7) is 6.47. The van der Waals surface area contributed by atoms with Crippen LogP contribution in [0.15, 0.2) is 10.6 Å². The molecule has 0 spiro atoms. The Morgan fingerprint density at radius 2 is 2.35 bits per heavy atom. The molecule has 2 N–H and O–H groups in total. The molecular weight excluding hydrogens is 258 g/mol. The summed E-state index contributed by atoms with van der Waals surface area (Å²) in [5.41, 5.74) is 0.822. The molecule has 1 aromatic rings. The number of nitrogens with zero attached hydrogens (tertiary/aromatic N) is 2. The van der Waals surface area contributed by atoms with Crippen molar-refractivity contribution in [1.82, 2.24) is 10.1 Å². The van der Waals surface area contributed by atoms with Crippen molar-refractivity contribution in [2.24, 2.45) is 0 Å². The number of aliphatic hydroxyl groups is 1. The monoisotopic (exact) mass is 281 g/mol. The molecule has 1 amide bonds. The number of aromatic nitrogens is 1. The van der Waals surface area contributed by atoms with Gasteiger partial charge in [-0.05, 0) is 25.7 Å². The summed E-state index contributed by atoms with van der Waals surface area (Å²) in [4.78, 5) is 14.1. The number of amides is 1. The van der Waals surface area contributed by atoms with Crippen LogP contribution in [0.5, 0.6) is 0 Å². The maximum absolute atomic E-state index is 12.0. The lowest BCUT2D eigenvalue weighted by molar-refractivity contribution is -0.118. The highest BCUT2D eigenvalue weighted by Crippen LogP contribution is 2.23. The van der Waals surface area contributed by atoms with Crippen molar-refractivity contribution in [3.8, 4) is 0 Å². The third kappa shape index (κ3) is 3.37. The van der Waals surface area contributed by atoms with Crippen LogP contribution < -0.4 is 5.32 Å². The average molecular weight is 281 g/mol. The van der Waals surface area contributed by atoms with Crippen LogP contribution in [-0.2, 0) is 4.79 Å². The van der Waals surface area contributed by atoms with Crippen molar-refractivity contribution < 1.29 is 14.4 Å². The van der Waals surface area contributed by atoms with Gasteiger partial charge in [-0.1, -0.05) is 19.0 Å². The van der Waals surface area contributed by atoms with Gasteiger partial charge in [-0.15, -0.1) is 0 Å². The fourth-order valence-corrected chi connectivity index (χ4v) is 2.57. The molecule has 0 saturated carbocycles. The van der Waals surface area contributed by atoms with E-state index in [0.29, 0.717) is 11.9 Å². The number of rotatable bonds is 5. The first kappa shape index (κ1) is 15.0. The summed E-state index contributed by atoms with van der Waals surface area (Å²) in [5, 5.41) is 15.9. The minimum Gasteiger partial charge on any atom is -0.395 e. The molecule has 1 aromatic heterocycles. The third-order valence-corrected chi connectivity index (χ3v) is 3.87. The zero-order valence-corrected chi connectivity index (χ0v) is 12.3. The van der Waals surface area contributed by atoms with Gasteiger partial charge in [-0.25, -0.2) is 0 Å². The topological polar surface area (TPSA) is 78.6 Å². The lowest BCUT2D eigenvalue weighted by Crippen LogP contribution is -2.42. The lowest BCUT2D eigenvalue weighted by atomic mass is 10.1. The molecule has 0 aliphatic carbocycles. The zero-order chi connectivity index (χ0) is 14.7. The van der Waals surface area contributed by atoms with Gasteiger partial charge in [0.25, 0.3) is 0 Å². The van der Waals surface area contributed by atoms with Gasteiger partial charge in [0.2, 0.25) is 11.8 Å². The number of hydrogen-bond acceptors (Lipinski definition) is 5. The van der Waals surface area contributed by atoms with E-state index in [1.165, 1.54) is 0 Å². The molecule has 0 unspecified atom stereocenters. The Hall–Kier alpha value is -1.40. The molecule has 2 rings (SSSR count). The molecule has 6 heteroatoms. The summed E-state index contributed by atoms with van der Waals surface area (Å²) in [5.74, 6) is 0.511. The van der Waals surface area contributed by atoms with Gasteiger partial charge in [0.15, 0.2) is 0 Å². The zero-order valence-electron chi connectivity index (χ0n) is 12.3. The van der Waals surface area contributed by atoms with Crippen molar-refractivity contribution in [2.75, 3.05) is 18.5 Å². The molecule has 2 heterocycles. The number of nitrogens with one attached hydrogen (secondary N) is 1. The molecule has 1 fully saturated rings. The second-order valence-corrected chi connectivity index (χ2v) is 5.75. The molecule has 0 radical (unpaired) electrons. The highest BCUT2D eigenvalue weighted by Gasteiger charge is 2.31. The highest BCUT2D eigenvalue weighted by atomic mass is 16.5. The lowest BCUT2D eigenvalue weighted by Gasteiger charge is -2.25. The van der Waals surface area contributed by atoms with E-state index < -0.39 is 0 Å². The fraction of sp³-hybridized carbons (Fsp3) is 0.714. The van der Waals surface area contributed by atoms with Crippen molar-refractivity contribution in [3.05, 3.63) is 11.8 Å². The van der Waals surface area contributed by atoms with Crippen LogP contribution in [0.1, 0.15) is 45.2 Å². The van der Waals surface area contributed by atoms with E-state index in [0.717, 1.165) is 18.5 Å². The Kier molecular flexibility index (Phi) is 4.77. The Morgan fingerprint density at radius 1 is 1.60 bits per heavy atom. The predicted molar refractivity (Wildman–Crippen MR) is 75.5 cm³/mol. The van der Waals surface area contributed by atoms with Gasteiger partial charge in [0.05, 0.1) is 18.8 Å². The predicted octanol–water partition coefficient (Wildman–Crippen LogP) is 1.58. The number of carbonyl (C=O) groups is 1. The maximum Gasteiger partial charge on any atom is 0.240 e. The summed E-state index contributed by atoms with van der Waals surface area (Å²) in [7, 11) is 0. The second-order valence-electron chi connectivity index (χ2n) is 5.75. The summed E-state index contributed by atoms with van der Waals surface area (Å²) in [6.07, 6.45) is 1.95. The van der Waals surface area contributed by atoms with Crippen molar-refractivity contribution >= 4 is 11.8 Å². The molecular formula is C14H23N3O3. The largest absolute Gasteiger partial charge is 0.395 e. The van der Waals surface area contributed by atoms with Crippen molar-refractivity contribution in [3.63, 3.8) is 0 Å². The molecule has 2 atom stereocenters. The highest BCUT2D eigenvalue weighted by molar-refractivity contribution is 5.91. The van der Waals surface area contributed by atoms with Crippen LogP contribution in [-0.4, -0.2) is 46.3 Å². The van der Waals surface area contributed by atoms with Crippen LogP contribution >= 0.6 is 0 Å². The van der Waals surface area contributed by atoms with E-state index in [9.17, 15) is 9.90 Å². The SMILES string of the molecule is CC(C)c1cc(NC(=O)CN2[C@H](CO)CC[C@@H]2C)on1. The van der Waals surface area contributed by atoms with Gasteiger partial charge in [0.1, 0.15) is 0 Å². The first-order chi connectivity index (χ1) is 9.51. The number of carbonyl (C=O) groups excluding carboxylic acids is 1. The van der Waals surface area contributed by atoms with E-state index >= 15 is 0 Å².